The van der Waals surface area contributed by atoms with Crippen molar-refractivity contribution >= 4 is 18.2 Å². The molecule has 1 fully saturated rings. The van der Waals surface area contributed by atoms with Crippen molar-refractivity contribution in [2.45, 2.75) is 57.3 Å². The van der Waals surface area contributed by atoms with E-state index in [1.807, 2.05) is 0 Å². The number of halogens is 1. The molecular formula is C12H23ClN2O2. The van der Waals surface area contributed by atoms with Crippen molar-refractivity contribution < 1.29 is 9.47 Å². The summed E-state index contributed by atoms with van der Waals surface area (Å²) in [4.78, 5) is 4.54. The van der Waals surface area contributed by atoms with E-state index in [-0.39, 0.29) is 18.7 Å². The van der Waals surface area contributed by atoms with Crippen LogP contribution in [0.25, 0.3) is 0 Å². The Hall–Kier alpha value is -0.320. The molecule has 2 heterocycles. The minimum absolute atomic E-state index is 0. The fraction of sp³-hybridized carbons (Fsp3) is 0.917. The summed E-state index contributed by atoms with van der Waals surface area (Å²) in [5, 5.41) is 0. The molecule has 0 aromatic rings. The van der Waals surface area contributed by atoms with Crippen molar-refractivity contribution in [1.29, 1.82) is 0 Å². The summed E-state index contributed by atoms with van der Waals surface area (Å²) in [5.41, 5.74) is 5.82. The highest BCUT2D eigenvalue weighted by Gasteiger charge is 2.18. The number of ether oxygens (including phenoxy) is 2. The number of hydrogen-bond acceptors (Lipinski definition) is 4. The van der Waals surface area contributed by atoms with E-state index in [9.17, 15) is 0 Å². The maximum atomic E-state index is 5.82. The van der Waals surface area contributed by atoms with Gasteiger partial charge in [-0.25, -0.2) is 0 Å². The summed E-state index contributed by atoms with van der Waals surface area (Å²) in [6.45, 7) is 1.67. The van der Waals surface area contributed by atoms with Crippen LogP contribution in [0.1, 0.15) is 44.9 Å². The largest absolute Gasteiger partial charge is 0.387 e. The van der Waals surface area contributed by atoms with E-state index < -0.39 is 0 Å². The zero-order chi connectivity index (χ0) is 11.2. The van der Waals surface area contributed by atoms with Crippen LogP contribution in [0.4, 0.5) is 0 Å². The van der Waals surface area contributed by atoms with Gasteiger partial charge < -0.3 is 15.2 Å². The molecule has 0 saturated carbocycles. The van der Waals surface area contributed by atoms with Crippen molar-refractivity contribution in [2.75, 3.05) is 13.2 Å². The molecule has 2 rings (SSSR count). The third-order valence-corrected chi connectivity index (χ3v) is 3.20. The molecule has 0 spiro atoms. The molecule has 2 aliphatic heterocycles. The van der Waals surface area contributed by atoms with Crippen LogP contribution in [0.15, 0.2) is 4.99 Å². The van der Waals surface area contributed by atoms with Gasteiger partial charge in [0.1, 0.15) is 0 Å². The van der Waals surface area contributed by atoms with Gasteiger partial charge in [0.05, 0.1) is 25.1 Å². The maximum Gasteiger partial charge on any atom is 0.157 e. The van der Waals surface area contributed by atoms with Gasteiger partial charge in [0, 0.05) is 12.8 Å². The van der Waals surface area contributed by atoms with Crippen LogP contribution in [-0.4, -0.2) is 31.4 Å². The number of rotatable bonds is 3. The molecule has 1 unspecified atom stereocenters. The summed E-state index contributed by atoms with van der Waals surface area (Å²) >= 11 is 0. The number of aliphatic imine (C=N–C) groups is 1. The zero-order valence-electron chi connectivity index (χ0n) is 10.3. The summed E-state index contributed by atoms with van der Waals surface area (Å²) < 4.78 is 11.1. The summed E-state index contributed by atoms with van der Waals surface area (Å²) in [5.74, 6) is 0.827. The van der Waals surface area contributed by atoms with Gasteiger partial charge in [-0.2, -0.15) is 0 Å². The van der Waals surface area contributed by atoms with Gasteiger partial charge in [0.2, 0.25) is 0 Å². The highest BCUT2D eigenvalue weighted by molar-refractivity contribution is 5.85. The van der Waals surface area contributed by atoms with Crippen LogP contribution in [-0.2, 0) is 9.47 Å². The van der Waals surface area contributed by atoms with Gasteiger partial charge in [0.25, 0.3) is 0 Å². The predicted octanol–water partition coefficient (Wildman–Crippen LogP) is 2.25. The van der Waals surface area contributed by atoms with E-state index >= 15 is 0 Å². The Kier molecular flexibility index (Phi) is 6.85. The van der Waals surface area contributed by atoms with Gasteiger partial charge >= 0.3 is 0 Å². The first-order valence-electron chi connectivity index (χ1n) is 6.40. The fourth-order valence-corrected chi connectivity index (χ4v) is 2.29. The maximum absolute atomic E-state index is 5.82. The third-order valence-electron chi connectivity index (χ3n) is 3.20. The lowest BCUT2D eigenvalue weighted by molar-refractivity contribution is -0.181. The average Bonchev–Trinajstić information content (AvgIpc) is 2.52. The molecule has 17 heavy (non-hydrogen) atoms. The van der Waals surface area contributed by atoms with Crippen molar-refractivity contribution in [3.05, 3.63) is 0 Å². The molecule has 0 amide bonds. The Morgan fingerprint density at radius 3 is 2.65 bits per heavy atom. The molecule has 5 heteroatoms. The van der Waals surface area contributed by atoms with Gasteiger partial charge in [-0.1, -0.05) is 6.42 Å². The van der Waals surface area contributed by atoms with Crippen LogP contribution < -0.4 is 5.73 Å². The van der Waals surface area contributed by atoms with Crippen molar-refractivity contribution in [1.82, 2.24) is 0 Å². The lowest BCUT2D eigenvalue weighted by Crippen LogP contribution is -2.26. The highest BCUT2D eigenvalue weighted by atomic mass is 35.5. The summed E-state index contributed by atoms with van der Waals surface area (Å²) in [6, 6.07) is 0.386. The fourth-order valence-electron chi connectivity index (χ4n) is 2.29. The van der Waals surface area contributed by atoms with E-state index in [1.165, 1.54) is 12.8 Å². The normalized spacial score (nSPS) is 26.8. The minimum atomic E-state index is -0.00609. The van der Waals surface area contributed by atoms with Gasteiger partial charge in [-0.05, 0) is 25.7 Å². The predicted molar refractivity (Wildman–Crippen MR) is 70.7 cm³/mol. The second-order valence-corrected chi connectivity index (χ2v) is 4.62. The van der Waals surface area contributed by atoms with Crippen LogP contribution >= 0.6 is 12.4 Å². The van der Waals surface area contributed by atoms with Gasteiger partial charge in [-0.3, -0.25) is 4.99 Å². The SMILES string of the molecule is Cl.NC1=NC(CCC2OCCCO2)CCCC1. The van der Waals surface area contributed by atoms with E-state index in [1.54, 1.807) is 0 Å². The Morgan fingerprint density at radius 2 is 1.88 bits per heavy atom. The van der Waals surface area contributed by atoms with Crippen molar-refractivity contribution in [2.24, 2.45) is 10.7 Å². The Morgan fingerprint density at radius 1 is 1.12 bits per heavy atom. The standard InChI is InChI=1S/C12H22N2O2.ClH/c13-11-5-2-1-4-10(14-11)6-7-12-15-8-3-9-16-12;/h10,12H,1-9H2,(H2,13,14);1H. The van der Waals surface area contributed by atoms with Crippen LogP contribution in [0, 0.1) is 0 Å². The van der Waals surface area contributed by atoms with E-state index in [2.05, 4.69) is 4.99 Å². The molecule has 2 aliphatic rings. The minimum Gasteiger partial charge on any atom is -0.387 e. The molecule has 0 aromatic carbocycles. The molecule has 2 N–H and O–H groups in total. The van der Waals surface area contributed by atoms with Crippen LogP contribution in [0.2, 0.25) is 0 Å². The second kappa shape index (κ2) is 7.90. The van der Waals surface area contributed by atoms with Crippen molar-refractivity contribution in [3.63, 3.8) is 0 Å². The summed E-state index contributed by atoms with van der Waals surface area (Å²) in [7, 11) is 0. The lowest BCUT2D eigenvalue weighted by atomic mass is 10.1. The molecule has 1 atom stereocenters. The molecule has 0 aliphatic carbocycles. The first-order valence-corrected chi connectivity index (χ1v) is 6.40. The lowest BCUT2D eigenvalue weighted by Gasteiger charge is -2.24. The highest BCUT2D eigenvalue weighted by Crippen LogP contribution is 2.19. The van der Waals surface area contributed by atoms with Crippen molar-refractivity contribution in [3.8, 4) is 0 Å². The first kappa shape index (κ1) is 14.7. The Labute approximate surface area is 109 Å². The Bertz CT molecular complexity index is 243. The van der Waals surface area contributed by atoms with Gasteiger partial charge in [0.15, 0.2) is 6.29 Å². The quantitative estimate of drug-likeness (QED) is 0.849. The van der Waals surface area contributed by atoms with Crippen LogP contribution in [0.3, 0.4) is 0 Å². The number of nitrogens with zero attached hydrogens (tertiary/aromatic N) is 1. The Balaban J connectivity index is 0.00000144. The molecule has 1 saturated heterocycles. The molecule has 0 aromatic heterocycles. The molecule has 0 bridgehead atoms. The average molecular weight is 263 g/mol. The molecule has 4 nitrogen and oxygen atoms in total. The first-order chi connectivity index (χ1) is 7.84. The number of hydrogen-bond donors (Lipinski definition) is 1. The van der Waals surface area contributed by atoms with Gasteiger partial charge in [-0.15, -0.1) is 12.4 Å². The van der Waals surface area contributed by atoms with E-state index in [4.69, 9.17) is 15.2 Å². The topological polar surface area (TPSA) is 56.8 Å². The van der Waals surface area contributed by atoms with E-state index in [0.717, 1.165) is 51.2 Å². The monoisotopic (exact) mass is 262 g/mol. The second-order valence-electron chi connectivity index (χ2n) is 4.62. The molecule has 0 radical (unpaired) electrons. The third kappa shape index (κ3) is 5.23. The molecular weight excluding hydrogens is 240 g/mol. The van der Waals surface area contributed by atoms with Crippen LogP contribution in [0.5, 0.6) is 0 Å². The molecule has 100 valence electrons. The van der Waals surface area contributed by atoms with E-state index in [0.29, 0.717) is 6.04 Å². The smallest absolute Gasteiger partial charge is 0.157 e. The number of nitrogens with two attached hydrogens (primary N) is 1. The number of amidine groups is 1. The zero-order valence-corrected chi connectivity index (χ0v) is 11.1. The summed E-state index contributed by atoms with van der Waals surface area (Å²) in [6.07, 6.45) is 7.54.